The molecule has 0 fully saturated rings. The minimum atomic E-state index is 0.597. The van der Waals surface area contributed by atoms with Crippen molar-refractivity contribution in [3.63, 3.8) is 0 Å². The van der Waals surface area contributed by atoms with Crippen molar-refractivity contribution in [3.8, 4) is 11.5 Å². The van der Waals surface area contributed by atoms with Gasteiger partial charge in [-0.2, -0.15) is 0 Å². The summed E-state index contributed by atoms with van der Waals surface area (Å²) >= 11 is 0. The summed E-state index contributed by atoms with van der Waals surface area (Å²) in [5.74, 6) is 1.44. The van der Waals surface area contributed by atoms with Gasteiger partial charge < -0.3 is 9.72 Å². The van der Waals surface area contributed by atoms with Gasteiger partial charge >= 0.3 is 0 Å². The lowest BCUT2D eigenvalue weighted by atomic mass is 10.2. The summed E-state index contributed by atoms with van der Waals surface area (Å²) in [7, 11) is 0. The predicted molar refractivity (Wildman–Crippen MR) is 102 cm³/mol. The number of aromatic nitrogens is 5. The second-order valence-electron chi connectivity index (χ2n) is 6.30. The first kappa shape index (κ1) is 16.2. The molecule has 0 saturated heterocycles. The first-order valence-corrected chi connectivity index (χ1v) is 8.56. The Kier molecular flexibility index (Phi) is 4.08. The van der Waals surface area contributed by atoms with E-state index in [9.17, 15) is 0 Å². The summed E-state index contributed by atoms with van der Waals surface area (Å²) in [6, 6.07) is 11.8. The maximum absolute atomic E-state index is 4.67. The lowest BCUT2D eigenvalue weighted by Gasteiger charge is -2.11. The summed E-state index contributed by atoms with van der Waals surface area (Å²) in [4.78, 5) is 18.3. The van der Waals surface area contributed by atoms with Crippen LogP contribution in [0.2, 0.25) is 0 Å². The molecule has 6 heteroatoms. The zero-order chi connectivity index (χ0) is 18.1. The van der Waals surface area contributed by atoms with Crippen LogP contribution in [0.3, 0.4) is 0 Å². The Morgan fingerprint density at radius 2 is 1.85 bits per heavy atom. The van der Waals surface area contributed by atoms with Gasteiger partial charge in [-0.15, -0.1) is 0 Å². The van der Waals surface area contributed by atoms with Gasteiger partial charge in [0.2, 0.25) is 0 Å². The highest BCUT2D eigenvalue weighted by Crippen LogP contribution is 2.21. The van der Waals surface area contributed by atoms with Crippen molar-refractivity contribution in [1.82, 2.24) is 24.3 Å². The summed E-state index contributed by atoms with van der Waals surface area (Å²) in [6.45, 7) is 6.68. The summed E-state index contributed by atoms with van der Waals surface area (Å²) in [6.07, 6.45) is 3.81. The quantitative estimate of drug-likeness (QED) is 0.611. The molecule has 0 radical (unpaired) electrons. The van der Waals surface area contributed by atoms with Gasteiger partial charge in [0.25, 0.3) is 0 Å². The molecule has 0 aliphatic rings. The third kappa shape index (κ3) is 3.01. The number of hydrogen-bond acceptors (Lipinski definition) is 5. The molecule has 0 saturated carbocycles. The third-order valence-electron chi connectivity index (χ3n) is 4.47. The fourth-order valence-corrected chi connectivity index (χ4v) is 2.87. The van der Waals surface area contributed by atoms with Crippen molar-refractivity contribution in [2.75, 3.05) is 5.32 Å². The van der Waals surface area contributed by atoms with Gasteiger partial charge in [0.15, 0.2) is 5.82 Å². The SMILES string of the molecule is Cc1nc(-c2ccccn2)nc(NCc2cn3c(C)cccc3n2)c1C. The predicted octanol–water partition coefficient (Wildman–Crippen LogP) is 3.72. The fourth-order valence-electron chi connectivity index (χ4n) is 2.87. The Bertz CT molecular complexity index is 1070. The number of rotatable bonds is 4. The van der Waals surface area contributed by atoms with Crippen LogP contribution in [0.4, 0.5) is 5.82 Å². The molecule has 1 N–H and O–H groups in total. The second-order valence-corrected chi connectivity index (χ2v) is 6.30. The van der Waals surface area contributed by atoms with Crippen molar-refractivity contribution >= 4 is 11.5 Å². The fraction of sp³-hybridized carbons (Fsp3) is 0.200. The van der Waals surface area contributed by atoms with E-state index in [0.717, 1.165) is 39.8 Å². The van der Waals surface area contributed by atoms with Crippen LogP contribution in [0.25, 0.3) is 17.2 Å². The van der Waals surface area contributed by atoms with Crippen molar-refractivity contribution in [2.24, 2.45) is 0 Å². The Labute approximate surface area is 152 Å². The number of fused-ring (bicyclic) bond motifs is 1. The third-order valence-corrected chi connectivity index (χ3v) is 4.47. The lowest BCUT2D eigenvalue weighted by molar-refractivity contribution is 1.00. The number of nitrogens with zero attached hydrogens (tertiary/aromatic N) is 5. The molecule has 4 aromatic rings. The minimum absolute atomic E-state index is 0.597. The summed E-state index contributed by atoms with van der Waals surface area (Å²) in [5.41, 5.74) is 5.81. The smallest absolute Gasteiger partial charge is 0.180 e. The molecular formula is C20H20N6. The van der Waals surface area contributed by atoms with Gasteiger partial charge in [-0.05, 0) is 45.0 Å². The van der Waals surface area contributed by atoms with Crippen LogP contribution in [0.1, 0.15) is 22.6 Å². The van der Waals surface area contributed by atoms with E-state index < -0.39 is 0 Å². The number of pyridine rings is 2. The molecule has 0 aliphatic carbocycles. The van der Waals surface area contributed by atoms with Crippen LogP contribution in [0.15, 0.2) is 48.8 Å². The molecule has 4 rings (SSSR count). The van der Waals surface area contributed by atoms with Crippen LogP contribution in [0.5, 0.6) is 0 Å². The normalized spacial score (nSPS) is 11.0. The van der Waals surface area contributed by atoms with Gasteiger partial charge in [-0.1, -0.05) is 12.1 Å². The maximum Gasteiger partial charge on any atom is 0.180 e. The first-order chi connectivity index (χ1) is 12.6. The molecule has 0 atom stereocenters. The lowest BCUT2D eigenvalue weighted by Crippen LogP contribution is -2.07. The van der Waals surface area contributed by atoms with Crippen LogP contribution >= 0.6 is 0 Å². The number of aryl methyl sites for hydroxylation is 2. The summed E-state index contributed by atoms with van der Waals surface area (Å²) in [5, 5.41) is 3.41. The van der Waals surface area contributed by atoms with Gasteiger partial charge in [0, 0.05) is 29.3 Å². The standard InChI is InChI=1S/C20H20N6/c1-13-7-6-9-18-24-16(12-26(13)18)11-22-19-14(2)15(3)23-20(25-19)17-8-4-5-10-21-17/h4-10,12H,11H2,1-3H3,(H,22,23,25). The van der Waals surface area contributed by atoms with Crippen molar-refractivity contribution in [3.05, 3.63) is 71.4 Å². The maximum atomic E-state index is 4.67. The molecule has 0 unspecified atom stereocenters. The number of anilines is 1. The number of imidazole rings is 1. The number of nitrogens with one attached hydrogen (secondary N) is 1. The van der Waals surface area contributed by atoms with Crippen molar-refractivity contribution < 1.29 is 0 Å². The Morgan fingerprint density at radius 1 is 0.962 bits per heavy atom. The molecular weight excluding hydrogens is 324 g/mol. The molecule has 130 valence electrons. The monoisotopic (exact) mass is 344 g/mol. The Morgan fingerprint density at radius 3 is 2.62 bits per heavy atom. The highest BCUT2D eigenvalue weighted by atomic mass is 15.1. The molecule has 4 aromatic heterocycles. The van der Waals surface area contributed by atoms with E-state index in [0.29, 0.717) is 12.4 Å². The number of hydrogen-bond donors (Lipinski definition) is 1. The van der Waals surface area contributed by atoms with E-state index in [1.54, 1.807) is 6.20 Å². The Hall–Kier alpha value is -3.28. The highest BCUT2D eigenvalue weighted by Gasteiger charge is 2.11. The van der Waals surface area contributed by atoms with E-state index >= 15 is 0 Å². The van der Waals surface area contributed by atoms with Gasteiger partial charge in [-0.3, -0.25) is 4.98 Å². The molecule has 0 spiro atoms. The molecule has 6 nitrogen and oxygen atoms in total. The second kappa shape index (κ2) is 6.55. The van der Waals surface area contributed by atoms with Crippen molar-refractivity contribution in [1.29, 1.82) is 0 Å². The molecule has 26 heavy (non-hydrogen) atoms. The molecule has 0 amide bonds. The molecule has 0 aliphatic heterocycles. The topological polar surface area (TPSA) is 68.0 Å². The highest BCUT2D eigenvalue weighted by molar-refractivity contribution is 5.56. The summed E-state index contributed by atoms with van der Waals surface area (Å²) < 4.78 is 2.09. The van der Waals surface area contributed by atoms with E-state index in [1.807, 2.05) is 44.2 Å². The van der Waals surface area contributed by atoms with Gasteiger partial charge in [-0.25, -0.2) is 15.0 Å². The van der Waals surface area contributed by atoms with Crippen LogP contribution in [-0.4, -0.2) is 24.3 Å². The molecule has 0 bridgehead atoms. The van der Waals surface area contributed by atoms with Crippen LogP contribution < -0.4 is 5.32 Å². The minimum Gasteiger partial charge on any atom is -0.364 e. The van der Waals surface area contributed by atoms with Crippen LogP contribution in [0, 0.1) is 20.8 Å². The van der Waals surface area contributed by atoms with Gasteiger partial charge in [0.1, 0.15) is 17.2 Å². The molecule has 4 heterocycles. The van der Waals surface area contributed by atoms with Crippen molar-refractivity contribution in [2.45, 2.75) is 27.3 Å². The average molecular weight is 344 g/mol. The van der Waals surface area contributed by atoms with Gasteiger partial charge in [0.05, 0.1) is 12.2 Å². The first-order valence-electron chi connectivity index (χ1n) is 8.56. The van der Waals surface area contributed by atoms with Crippen LogP contribution in [-0.2, 0) is 6.54 Å². The molecule has 0 aromatic carbocycles. The van der Waals surface area contributed by atoms with E-state index in [1.165, 1.54) is 0 Å². The zero-order valence-electron chi connectivity index (χ0n) is 15.1. The van der Waals surface area contributed by atoms with E-state index in [-0.39, 0.29) is 0 Å². The largest absolute Gasteiger partial charge is 0.364 e. The van der Waals surface area contributed by atoms with E-state index in [2.05, 4.69) is 48.8 Å². The zero-order valence-corrected chi connectivity index (χ0v) is 15.1. The Balaban J connectivity index is 1.63. The van der Waals surface area contributed by atoms with E-state index in [4.69, 9.17) is 0 Å². The average Bonchev–Trinajstić information content (AvgIpc) is 3.08.